The molecule has 2 aromatic rings. The summed E-state index contributed by atoms with van der Waals surface area (Å²) < 4.78 is 13.9. The summed E-state index contributed by atoms with van der Waals surface area (Å²) in [6.45, 7) is 1.00. The van der Waals surface area contributed by atoms with Crippen LogP contribution < -0.4 is 15.5 Å². The molecule has 0 bridgehead atoms. The number of hydrogen-bond acceptors (Lipinski definition) is 3. The van der Waals surface area contributed by atoms with Crippen LogP contribution in [-0.4, -0.2) is 24.4 Å². The molecule has 0 aromatic heterocycles. The highest BCUT2D eigenvalue weighted by molar-refractivity contribution is 6.02. The first-order valence-corrected chi connectivity index (χ1v) is 7.87. The van der Waals surface area contributed by atoms with E-state index >= 15 is 0 Å². The molecule has 1 fully saturated rings. The standard InChI is InChI=1S/C18H16FN3O2/c19-14-3-1-2-4-16(14)22-8-7-15(18(22)24)21-12-6-5-11-10-20-17(23)13(11)9-12/h1-6,9,15,21H,7-8,10H2,(H,20,23)/t15-/m0/s1. The van der Waals surface area contributed by atoms with Gasteiger partial charge in [-0.3, -0.25) is 9.59 Å². The van der Waals surface area contributed by atoms with Crippen molar-refractivity contribution in [2.75, 3.05) is 16.8 Å². The van der Waals surface area contributed by atoms with Gasteiger partial charge in [-0.2, -0.15) is 0 Å². The maximum absolute atomic E-state index is 13.9. The molecule has 0 aliphatic carbocycles. The number of fused-ring (bicyclic) bond motifs is 1. The minimum absolute atomic E-state index is 0.0978. The Morgan fingerprint density at radius 1 is 1.17 bits per heavy atom. The molecule has 2 N–H and O–H groups in total. The van der Waals surface area contributed by atoms with Gasteiger partial charge in [0.25, 0.3) is 5.91 Å². The van der Waals surface area contributed by atoms with Gasteiger partial charge >= 0.3 is 0 Å². The molecule has 0 saturated carbocycles. The molecule has 24 heavy (non-hydrogen) atoms. The monoisotopic (exact) mass is 325 g/mol. The van der Waals surface area contributed by atoms with Crippen LogP contribution in [0.25, 0.3) is 0 Å². The minimum atomic E-state index is -0.424. The lowest BCUT2D eigenvalue weighted by Gasteiger charge is -2.18. The number of carbonyl (C=O) groups excluding carboxylic acids is 2. The number of rotatable bonds is 3. The summed E-state index contributed by atoms with van der Waals surface area (Å²) in [4.78, 5) is 25.8. The molecule has 1 saturated heterocycles. The Morgan fingerprint density at radius 3 is 2.83 bits per heavy atom. The van der Waals surface area contributed by atoms with Gasteiger partial charge in [-0.05, 0) is 36.2 Å². The second kappa shape index (κ2) is 5.63. The summed E-state index contributed by atoms with van der Waals surface area (Å²) in [5.74, 6) is -0.662. The predicted octanol–water partition coefficient (Wildman–Crippen LogP) is 2.29. The first kappa shape index (κ1) is 14.7. The quantitative estimate of drug-likeness (QED) is 0.910. The molecule has 0 unspecified atom stereocenters. The van der Waals surface area contributed by atoms with Gasteiger partial charge in [0, 0.05) is 24.3 Å². The normalized spacial score (nSPS) is 19.4. The average Bonchev–Trinajstić information content (AvgIpc) is 3.13. The van der Waals surface area contributed by atoms with E-state index in [0.717, 1.165) is 11.3 Å². The Labute approximate surface area is 138 Å². The maximum Gasteiger partial charge on any atom is 0.251 e. The maximum atomic E-state index is 13.9. The largest absolute Gasteiger partial charge is 0.374 e. The molecule has 0 radical (unpaired) electrons. The smallest absolute Gasteiger partial charge is 0.251 e. The lowest BCUT2D eigenvalue weighted by Crippen LogP contribution is -2.33. The summed E-state index contributed by atoms with van der Waals surface area (Å²) in [6, 6.07) is 11.3. The van der Waals surface area contributed by atoms with Crippen LogP contribution in [0.15, 0.2) is 42.5 Å². The van der Waals surface area contributed by atoms with Gasteiger partial charge < -0.3 is 15.5 Å². The van der Waals surface area contributed by atoms with E-state index in [4.69, 9.17) is 0 Å². The van der Waals surface area contributed by atoms with E-state index in [9.17, 15) is 14.0 Å². The van der Waals surface area contributed by atoms with Crippen molar-refractivity contribution in [3.8, 4) is 0 Å². The van der Waals surface area contributed by atoms with Crippen LogP contribution in [0.4, 0.5) is 15.8 Å². The molecule has 2 heterocycles. The van der Waals surface area contributed by atoms with Crippen LogP contribution in [0.5, 0.6) is 0 Å². The molecular formula is C18H16FN3O2. The molecule has 0 spiro atoms. The molecule has 122 valence electrons. The highest BCUT2D eigenvalue weighted by Gasteiger charge is 2.34. The van der Waals surface area contributed by atoms with E-state index in [1.54, 1.807) is 24.3 Å². The Hall–Kier alpha value is -2.89. The second-order valence-electron chi connectivity index (χ2n) is 5.98. The lowest BCUT2D eigenvalue weighted by molar-refractivity contribution is -0.117. The van der Waals surface area contributed by atoms with Crippen molar-refractivity contribution in [1.82, 2.24) is 5.32 Å². The van der Waals surface area contributed by atoms with Crippen LogP contribution >= 0.6 is 0 Å². The number of para-hydroxylation sites is 1. The van der Waals surface area contributed by atoms with E-state index in [2.05, 4.69) is 10.6 Å². The first-order valence-electron chi connectivity index (χ1n) is 7.87. The molecule has 2 aliphatic heterocycles. The van der Waals surface area contributed by atoms with Gasteiger partial charge in [-0.15, -0.1) is 0 Å². The Balaban J connectivity index is 1.53. The van der Waals surface area contributed by atoms with Gasteiger partial charge in [0.05, 0.1) is 5.69 Å². The number of nitrogens with one attached hydrogen (secondary N) is 2. The van der Waals surface area contributed by atoms with Crippen LogP contribution in [-0.2, 0) is 11.3 Å². The van der Waals surface area contributed by atoms with Gasteiger partial charge in [0.15, 0.2) is 0 Å². The average molecular weight is 325 g/mol. The fraction of sp³-hybridized carbons (Fsp3) is 0.222. The summed E-state index contributed by atoms with van der Waals surface area (Å²) in [5, 5.41) is 5.93. The molecule has 5 nitrogen and oxygen atoms in total. The highest BCUT2D eigenvalue weighted by atomic mass is 19.1. The van der Waals surface area contributed by atoms with E-state index in [0.29, 0.717) is 30.8 Å². The van der Waals surface area contributed by atoms with Gasteiger partial charge in [-0.25, -0.2) is 4.39 Å². The second-order valence-corrected chi connectivity index (χ2v) is 5.98. The first-order chi connectivity index (χ1) is 11.6. The van der Waals surface area contributed by atoms with Gasteiger partial charge in [-0.1, -0.05) is 18.2 Å². The number of hydrogen-bond donors (Lipinski definition) is 2. The number of amides is 2. The van der Waals surface area contributed by atoms with Crippen molar-refractivity contribution in [2.45, 2.75) is 19.0 Å². The van der Waals surface area contributed by atoms with Gasteiger partial charge in [0.2, 0.25) is 5.91 Å². The van der Waals surface area contributed by atoms with Crippen molar-refractivity contribution >= 4 is 23.2 Å². The van der Waals surface area contributed by atoms with Gasteiger partial charge in [0.1, 0.15) is 11.9 Å². The molecular weight excluding hydrogens is 309 g/mol. The molecule has 2 aliphatic rings. The fourth-order valence-electron chi connectivity index (χ4n) is 3.23. The van der Waals surface area contributed by atoms with Crippen LogP contribution in [0.3, 0.4) is 0 Å². The zero-order valence-corrected chi connectivity index (χ0v) is 12.9. The lowest BCUT2D eigenvalue weighted by atomic mass is 10.1. The summed E-state index contributed by atoms with van der Waals surface area (Å²) in [7, 11) is 0. The van der Waals surface area contributed by atoms with E-state index in [1.807, 2.05) is 12.1 Å². The Morgan fingerprint density at radius 2 is 2.00 bits per heavy atom. The van der Waals surface area contributed by atoms with Crippen molar-refractivity contribution in [3.63, 3.8) is 0 Å². The summed E-state index contributed by atoms with van der Waals surface area (Å²) >= 11 is 0. The minimum Gasteiger partial charge on any atom is -0.374 e. The van der Waals surface area contributed by atoms with E-state index in [-0.39, 0.29) is 11.8 Å². The van der Waals surface area contributed by atoms with Crippen LogP contribution in [0.1, 0.15) is 22.3 Å². The zero-order chi connectivity index (χ0) is 16.7. The predicted molar refractivity (Wildman–Crippen MR) is 88.4 cm³/mol. The summed E-state index contributed by atoms with van der Waals surface area (Å²) in [6.07, 6.45) is 0.580. The molecule has 1 atom stereocenters. The number of nitrogens with zero attached hydrogens (tertiary/aromatic N) is 1. The SMILES string of the molecule is O=C1NCc2ccc(N[C@H]3CCN(c4ccccc4F)C3=O)cc21. The van der Waals surface area contributed by atoms with Crippen molar-refractivity contribution in [1.29, 1.82) is 0 Å². The Kier molecular flexibility index (Phi) is 3.45. The molecule has 6 heteroatoms. The zero-order valence-electron chi connectivity index (χ0n) is 12.9. The fourth-order valence-corrected chi connectivity index (χ4v) is 3.23. The molecule has 2 aromatic carbocycles. The van der Waals surface area contributed by atoms with Crippen molar-refractivity contribution in [2.24, 2.45) is 0 Å². The van der Waals surface area contributed by atoms with E-state index < -0.39 is 11.9 Å². The number of benzene rings is 2. The van der Waals surface area contributed by atoms with Crippen molar-refractivity contribution in [3.05, 3.63) is 59.4 Å². The third kappa shape index (κ3) is 2.40. The van der Waals surface area contributed by atoms with Crippen LogP contribution in [0.2, 0.25) is 0 Å². The third-order valence-electron chi connectivity index (χ3n) is 4.48. The number of anilines is 2. The topological polar surface area (TPSA) is 61.4 Å². The van der Waals surface area contributed by atoms with Crippen LogP contribution in [0, 0.1) is 5.82 Å². The third-order valence-corrected chi connectivity index (χ3v) is 4.48. The summed E-state index contributed by atoms with van der Waals surface area (Å²) in [5.41, 5.74) is 2.62. The number of carbonyl (C=O) groups is 2. The van der Waals surface area contributed by atoms with E-state index in [1.165, 1.54) is 11.0 Å². The molecule has 2 amide bonds. The molecule has 4 rings (SSSR count). The highest BCUT2D eigenvalue weighted by Crippen LogP contribution is 2.27. The number of halogens is 1. The Bertz CT molecular complexity index is 837. The van der Waals surface area contributed by atoms with Crippen molar-refractivity contribution < 1.29 is 14.0 Å².